The molecule has 3 heteroatoms. The highest BCUT2D eigenvalue weighted by Gasteiger charge is 1.89. The Balaban J connectivity index is 3.00. The molecule has 0 saturated heterocycles. The molecule has 0 aromatic carbocycles. The summed E-state index contributed by atoms with van der Waals surface area (Å²) < 4.78 is 14.8. The quantitative estimate of drug-likeness (QED) is 0.551. The molecule has 0 saturated carbocycles. The van der Waals surface area contributed by atoms with Crippen molar-refractivity contribution in [3.05, 3.63) is 0 Å². The van der Waals surface area contributed by atoms with Gasteiger partial charge < -0.3 is 0 Å². The van der Waals surface area contributed by atoms with Crippen molar-refractivity contribution in [2.45, 2.75) is 13.3 Å². The Morgan fingerprint density at radius 1 is 1.71 bits per heavy atom. The average Bonchev–Trinajstić information content (AvgIpc) is 1.68. The third-order valence-corrected chi connectivity index (χ3v) is 1.67. The highest BCUT2D eigenvalue weighted by atomic mass is 32.2. The van der Waals surface area contributed by atoms with Gasteiger partial charge in [0.25, 0.3) is 0 Å². The molecule has 7 heavy (non-hydrogen) atoms. The van der Waals surface area contributed by atoms with Crippen LogP contribution in [0.4, 0.5) is 0 Å². The molecule has 2 nitrogen and oxygen atoms in total. The Morgan fingerprint density at radius 3 is 2.43 bits per heavy atom. The summed E-state index contributed by atoms with van der Waals surface area (Å²) in [7, 11) is 1.45. The van der Waals surface area contributed by atoms with Gasteiger partial charge in [0.15, 0.2) is 11.1 Å². The summed E-state index contributed by atoms with van der Waals surface area (Å²) in [6.07, 6.45) is 0.917. The lowest BCUT2D eigenvalue weighted by atomic mass is 10.6. The van der Waals surface area contributed by atoms with Gasteiger partial charge in [0.1, 0.15) is 0 Å². The Bertz CT molecular complexity index is 62.7. The number of hydrogen-bond acceptors (Lipinski definition) is 2. The molecule has 0 aliphatic rings. The maximum absolute atomic E-state index is 10.3. The van der Waals surface area contributed by atoms with E-state index in [2.05, 4.69) is 4.18 Å². The van der Waals surface area contributed by atoms with Gasteiger partial charge in [0, 0.05) is 5.75 Å². The van der Waals surface area contributed by atoms with Gasteiger partial charge in [-0.15, -0.1) is 0 Å². The van der Waals surface area contributed by atoms with E-state index in [0.717, 1.165) is 6.42 Å². The molecule has 0 fully saturated rings. The van der Waals surface area contributed by atoms with Crippen LogP contribution in [0.15, 0.2) is 0 Å². The lowest BCUT2D eigenvalue weighted by Crippen LogP contribution is -1.95. The molecule has 0 amide bonds. The summed E-state index contributed by atoms with van der Waals surface area (Å²) in [5, 5.41) is 0. The molecule has 44 valence electrons. The minimum atomic E-state index is -1.03. The first kappa shape index (κ1) is 7.11. The number of hydrogen-bond donors (Lipinski definition) is 0. The molecule has 0 unspecified atom stereocenters. The zero-order valence-electron chi connectivity index (χ0n) is 4.64. The molecule has 0 aliphatic carbocycles. The second-order valence-electron chi connectivity index (χ2n) is 1.17. The van der Waals surface area contributed by atoms with Crippen molar-refractivity contribution in [3.8, 4) is 0 Å². The molecule has 0 spiro atoms. The van der Waals surface area contributed by atoms with E-state index in [1.807, 2.05) is 6.92 Å². The van der Waals surface area contributed by atoms with Crippen molar-refractivity contribution in [1.82, 2.24) is 0 Å². The fourth-order valence-corrected chi connectivity index (χ4v) is 0.750. The molecule has 0 aromatic rings. The third kappa shape index (κ3) is 3.95. The zero-order chi connectivity index (χ0) is 5.70. The van der Waals surface area contributed by atoms with E-state index in [-0.39, 0.29) is 0 Å². The van der Waals surface area contributed by atoms with Crippen LogP contribution in [0.5, 0.6) is 0 Å². The van der Waals surface area contributed by atoms with Gasteiger partial charge in [0.2, 0.25) is 0 Å². The smallest absolute Gasteiger partial charge is 0.155 e. The van der Waals surface area contributed by atoms with Crippen LogP contribution in [-0.4, -0.2) is 17.1 Å². The monoisotopic (exact) mass is 122 g/mol. The number of rotatable bonds is 3. The zero-order valence-corrected chi connectivity index (χ0v) is 5.46. The average molecular weight is 122 g/mol. The minimum absolute atomic E-state index is 0.649. The molecule has 0 rings (SSSR count). The van der Waals surface area contributed by atoms with E-state index < -0.39 is 11.1 Å². The van der Waals surface area contributed by atoms with E-state index in [9.17, 15) is 4.21 Å². The first-order valence-electron chi connectivity index (χ1n) is 2.24. The maximum atomic E-state index is 10.3. The summed E-state index contributed by atoms with van der Waals surface area (Å²) in [4.78, 5) is 0. The second kappa shape index (κ2) is 4.27. The highest BCUT2D eigenvalue weighted by Crippen LogP contribution is 1.83. The molecule has 0 aliphatic heterocycles. The molecular weight excluding hydrogens is 112 g/mol. The molecule has 1 atom stereocenters. The van der Waals surface area contributed by atoms with Crippen LogP contribution in [0.2, 0.25) is 0 Å². The van der Waals surface area contributed by atoms with Crippen LogP contribution in [0.1, 0.15) is 13.3 Å². The van der Waals surface area contributed by atoms with Gasteiger partial charge in [-0.2, -0.15) is 0 Å². The Labute approximate surface area is 46.5 Å². The van der Waals surface area contributed by atoms with Gasteiger partial charge in [-0.25, -0.2) is 4.21 Å². The Morgan fingerprint density at radius 2 is 2.29 bits per heavy atom. The summed E-state index contributed by atoms with van der Waals surface area (Å²) in [6.45, 7) is 1.97. The van der Waals surface area contributed by atoms with Gasteiger partial charge in [-0.1, -0.05) is 6.92 Å². The van der Waals surface area contributed by atoms with E-state index in [4.69, 9.17) is 0 Å². The van der Waals surface area contributed by atoms with Crippen molar-refractivity contribution >= 4 is 11.1 Å². The van der Waals surface area contributed by atoms with Gasteiger partial charge in [-0.3, -0.25) is 4.18 Å². The van der Waals surface area contributed by atoms with Crippen molar-refractivity contribution in [2.24, 2.45) is 0 Å². The first-order valence-corrected chi connectivity index (χ1v) is 3.48. The summed E-state index contributed by atoms with van der Waals surface area (Å²) >= 11 is -1.03. The Kier molecular flexibility index (Phi) is 4.34. The van der Waals surface area contributed by atoms with E-state index in [1.165, 1.54) is 7.11 Å². The van der Waals surface area contributed by atoms with Gasteiger partial charge in [-0.05, 0) is 6.42 Å². The highest BCUT2D eigenvalue weighted by molar-refractivity contribution is 7.80. The van der Waals surface area contributed by atoms with E-state index in [1.54, 1.807) is 0 Å². The lowest BCUT2D eigenvalue weighted by molar-refractivity contribution is 0.445. The molecule has 0 N–H and O–H groups in total. The van der Waals surface area contributed by atoms with Crippen LogP contribution < -0.4 is 0 Å². The van der Waals surface area contributed by atoms with Crippen molar-refractivity contribution in [3.63, 3.8) is 0 Å². The fraction of sp³-hybridized carbons (Fsp3) is 1.00. The van der Waals surface area contributed by atoms with Crippen LogP contribution in [0, 0.1) is 0 Å². The lowest BCUT2D eigenvalue weighted by Gasteiger charge is -1.90. The van der Waals surface area contributed by atoms with Gasteiger partial charge >= 0.3 is 0 Å². The first-order chi connectivity index (χ1) is 3.31. The largest absolute Gasteiger partial charge is 0.294 e. The summed E-state index contributed by atoms with van der Waals surface area (Å²) in [5.41, 5.74) is 0. The predicted octanol–water partition coefficient (Wildman–Crippen LogP) is 0.707. The minimum Gasteiger partial charge on any atom is -0.294 e. The third-order valence-electron chi connectivity index (χ3n) is 0.557. The Hall–Kier alpha value is 0.110. The second-order valence-corrected chi connectivity index (χ2v) is 2.52. The van der Waals surface area contributed by atoms with E-state index >= 15 is 0 Å². The van der Waals surface area contributed by atoms with Crippen LogP contribution in [0.3, 0.4) is 0 Å². The van der Waals surface area contributed by atoms with Crippen molar-refractivity contribution < 1.29 is 8.39 Å². The molecule has 0 heterocycles. The topological polar surface area (TPSA) is 26.3 Å². The molecule has 0 aromatic heterocycles. The van der Waals surface area contributed by atoms with Gasteiger partial charge in [0.05, 0.1) is 7.11 Å². The SMILES string of the molecule is CCC[S@@](=O)OC. The maximum Gasteiger partial charge on any atom is 0.155 e. The molecule has 0 radical (unpaired) electrons. The van der Waals surface area contributed by atoms with Crippen LogP contribution >= 0.6 is 0 Å². The van der Waals surface area contributed by atoms with Crippen LogP contribution in [0.25, 0.3) is 0 Å². The van der Waals surface area contributed by atoms with E-state index in [0.29, 0.717) is 5.75 Å². The standard InChI is InChI=1S/C4H10O2S/c1-3-4-7(5)6-2/h3-4H2,1-2H3/t7-/m0/s1. The summed E-state index contributed by atoms with van der Waals surface area (Å²) in [5.74, 6) is 0.649. The van der Waals surface area contributed by atoms with Crippen molar-refractivity contribution in [2.75, 3.05) is 12.9 Å². The summed E-state index contributed by atoms with van der Waals surface area (Å²) in [6, 6.07) is 0. The molecule has 0 bridgehead atoms. The van der Waals surface area contributed by atoms with Crippen LogP contribution in [-0.2, 0) is 15.3 Å². The fourth-order valence-electron chi connectivity index (χ4n) is 0.250. The van der Waals surface area contributed by atoms with Crippen molar-refractivity contribution in [1.29, 1.82) is 0 Å². The normalized spacial score (nSPS) is 14.0. The molecular formula is C4H10O2S. The predicted molar refractivity (Wildman–Crippen MR) is 30.3 cm³/mol.